The van der Waals surface area contributed by atoms with Gasteiger partial charge in [-0.2, -0.15) is 0 Å². The van der Waals surface area contributed by atoms with Crippen LogP contribution in [0.15, 0.2) is 18.2 Å². The highest BCUT2D eigenvalue weighted by Crippen LogP contribution is 2.20. The maximum Gasteiger partial charge on any atom is 0.339 e. The zero-order valence-corrected chi connectivity index (χ0v) is 10.2. The second-order valence-corrected chi connectivity index (χ2v) is 3.77. The first-order valence-corrected chi connectivity index (χ1v) is 5.69. The summed E-state index contributed by atoms with van der Waals surface area (Å²) in [5.41, 5.74) is 1.16. The Morgan fingerprint density at radius 2 is 2.06 bits per heavy atom. The van der Waals surface area contributed by atoms with Gasteiger partial charge in [-0.15, -0.1) is 0 Å². The minimum Gasteiger partial charge on any atom is -0.490 e. The lowest BCUT2D eigenvalue weighted by atomic mass is 10.1. The van der Waals surface area contributed by atoms with Crippen molar-refractivity contribution in [1.82, 2.24) is 0 Å². The highest BCUT2D eigenvalue weighted by molar-refractivity contribution is 5.90. The summed E-state index contributed by atoms with van der Waals surface area (Å²) in [6.45, 7) is 5.46. The number of carbonyl (C=O) groups is 1. The van der Waals surface area contributed by atoms with Crippen molar-refractivity contribution in [3.8, 4) is 5.75 Å². The van der Waals surface area contributed by atoms with Gasteiger partial charge in [-0.1, -0.05) is 13.0 Å². The summed E-state index contributed by atoms with van der Waals surface area (Å²) in [4.78, 5) is 11.0. The van der Waals surface area contributed by atoms with Gasteiger partial charge in [-0.25, -0.2) is 4.79 Å². The highest BCUT2D eigenvalue weighted by Gasteiger charge is 2.10. The van der Waals surface area contributed by atoms with Gasteiger partial charge in [0.25, 0.3) is 0 Å². The second kappa shape index (κ2) is 6.91. The van der Waals surface area contributed by atoms with Gasteiger partial charge in [0.2, 0.25) is 0 Å². The molecule has 0 heterocycles. The maximum atomic E-state index is 11.0. The predicted molar refractivity (Wildman–Crippen MR) is 64.7 cm³/mol. The van der Waals surface area contributed by atoms with Gasteiger partial charge in [0, 0.05) is 6.61 Å². The van der Waals surface area contributed by atoms with Gasteiger partial charge in [0.1, 0.15) is 17.9 Å². The molecule has 0 fully saturated rings. The SMILES string of the molecule is CCCOCCOc1cc(C)ccc1C(=O)O. The summed E-state index contributed by atoms with van der Waals surface area (Å²) < 4.78 is 10.7. The first-order valence-electron chi connectivity index (χ1n) is 5.69. The number of hydrogen-bond acceptors (Lipinski definition) is 3. The molecular formula is C13H18O4. The average Bonchev–Trinajstić information content (AvgIpc) is 2.28. The van der Waals surface area contributed by atoms with E-state index in [1.54, 1.807) is 18.2 Å². The summed E-state index contributed by atoms with van der Waals surface area (Å²) in [5, 5.41) is 8.99. The standard InChI is InChI=1S/C13H18O4/c1-3-6-16-7-8-17-12-9-10(2)4-5-11(12)13(14)15/h4-5,9H,3,6-8H2,1-2H3,(H,14,15). The number of rotatable bonds is 7. The number of aromatic carboxylic acids is 1. The highest BCUT2D eigenvalue weighted by atomic mass is 16.5. The van der Waals surface area contributed by atoms with Crippen molar-refractivity contribution in [3.63, 3.8) is 0 Å². The van der Waals surface area contributed by atoms with Crippen LogP contribution in [0.1, 0.15) is 29.3 Å². The molecule has 94 valence electrons. The third-order valence-corrected chi connectivity index (χ3v) is 2.20. The molecule has 0 radical (unpaired) electrons. The molecule has 4 heteroatoms. The summed E-state index contributed by atoms with van der Waals surface area (Å²) in [6.07, 6.45) is 0.963. The van der Waals surface area contributed by atoms with Crippen molar-refractivity contribution in [3.05, 3.63) is 29.3 Å². The fourth-order valence-electron chi connectivity index (χ4n) is 1.38. The fraction of sp³-hybridized carbons (Fsp3) is 0.462. The summed E-state index contributed by atoms with van der Waals surface area (Å²) in [5.74, 6) is -0.577. The van der Waals surface area contributed by atoms with Crippen LogP contribution in [0.4, 0.5) is 0 Å². The van der Waals surface area contributed by atoms with Crippen LogP contribution < -0.4 is 4.74 Å². The number of carboxylic acid groups (broad SMARTS) is 1. The minimum absolute atomic E-state index is 0.186. The normalized spacial score (nSPS) is 10.2. The van der Waals surface area contributed by atoms with Crippen LogP contribution >= 0.6 is 0 Å². The molecule has 1 aromatic carbocycles. The van der Waals surface area contributed by atoms with Crippen LogP contribution in [0.3, 0.4) is 0 Å². The minimum atomic E-state index is -0.977. The zero-order chi connectivity index (χ0) is 12.7. The number of aryl methyl sites for hydroxylation is 1. The van der Waals surface area contributed by atoms with Gasteiger partial charge < -0.3 is 14.6 Å². The van der Waals surface area contributed by atoms with E-state index < -0.39 is 5.97 Å². The Morgan fingerprint density at radius 1 is 1.29 bits per heavy atom. The molecule has 0 aromatic heterocycles. The van der Waals surface area contributed by atoms with Crippen LogP contribution in [0.2, 0.25) is 0 Å². The molecule has 0 atom stereocenters. The van der Waals surface area contributed by atoms with Crippen molar-refractivity contribution >= 4 is 5.97 Å². The average molecular weight is 238 g/mol. The Kier molecular flexibility index (Phi) is 5.49. The molecule has 0 saturated carbocycles. The lowest BCUT2D eigenvalue weighted by Gasteiger charge is -2.10. The summed E-state index contributed by atoms with van der Waals surface area (Å²) in [6, 6.07) is 5.03. The van der Waals surface area contributed by atoms with Gasteiger partial charge in [0.15, 0.2) is 0 Å². The monoisotopic (exact) mass is 238 g/mol. The summed E-state index contributed by atoms with van der Waals surface area (Å²) in [7, 11) is 0. The van der Waals surface area contributed by atoms with E-state index in [2.05, 4.69) is 0 Å². The molecule has 0 saturated heterocycles. The smallest absolute Gasteiger partial charge is 0.339 e. The van der Waals surface area contributed by atoms with E-state index >= 15 is 0 Å². The molecule has 0 aliphatic rings. The first kappa shape index (κ1) is 13.5. The molecule has 0 spiro atoms. The van der Waals surface area contributed by atoms with E-state index in [4.69, 9.17) is 14.6 Å². The Morgan fingerprint density at radius 3 is 2.71 bits per heavy atom. The third-order valence-electron chi connectivity index (χ3n) is 2.20. The van der Waals surface area contributed by atoms with Gasteiger partial charge in [-0.05, 0) is 31.0 Å². The molecule has 0 aliphatic heterocycles. The molecule has 0 bridgehead atoms. The Bertz CT molecular complexity index is 374. The predicted octanol–water partition coefficient (Wildman–Crippen LogP) is 2.50. The van der Waals surface area contributed by atoms with Gasteiger partial charge in [0.05, 0.1) is 6.61 Å². The Labute approximate surface area is 101 Å². The van der Waals surface area contributed by atoms with Crippen molar-refractivity contribution in [2.75, 3.05) is 19.8 Å². The topological polar surface area (TPSA) is 55.8 Å². The molecule has 0 unspecified atom stereocenters. The molecule has 4 nitrogen and oxygen atoms in total. The molecule has 1 N–H and O–H groups in total. The van der Waals surface area contributed by atoms with Gasteiger partial charge in [-0.3, -0.25) is 0 Å². The van der Waals surface area contributed by atoms with Crippen molar-refractivity contribution in [2.45, 2.75) is 20.3 Å². The lowest BCUT2D eigenvalue weighted by Crippen LogP contribution is -2.10. The Balaban J connectivity index is 2.56. The Hall–Kier alpha value is -1.55. The maximum absolute atomic E-state index is 11.0. The number of carboxylic acids is 1. The van der Waals surface area contributed by atoms with Crippen molar-refractivity contribution in [1.29, 1.82) is 0 Å². The van der Waals surface area contributed by atoms with Crippen LogP contribution in [0.5, 0.6) is 5.75 Å². The second-order valence-electron chi connectivity index (χ2n) is 3.77. The molecule has 0 amide bonds. The van der Waals surface area contributed by atoms with Gasteiger partial charge >= 0.3 is 5.97 Å². The number of benzene rings is 1. The summed E-state index contributed by atoms with van der Waals surface area (Å²) >= 11 is 0. The molecule has 1 aromatic rings. The van der Waals surface area contributed by atoms with E-state index in [1.807, 2.05) is 13.8 Å². The van der Waals surface area contributed by atoms with Crippen LogP contribution in [-0.2, 0) is 4.74 Å². The molecular weight excluding hydrogens is 220 g/mol. The van der Waals surface area contributed by atoms with E-state index in [-0.39, 0.29) is 5.56 Å². The molecule has 0 aliphatic carbocycles. The van der Waals surface area contributed by atoms with E-state index in [9.17, 15) is 4.79 Å². The van der Waals surface area contributed by atoms with Crippen LogP contribution in [0, 0.1) is 6.92 Å². The molecule has 1 rings (SSSR count). The number of ether oxygens (including phenoxy) is 2. The zero-order valence-electron chi connectivity index (χ0n) is 10.2. The molecule has 17 heavy (non-hydrogen) atoms. The van der Waals surface area contributed by atoms with Crippen molar-refractivity contribution in [2.24, 2.45) is 0 Å². The van der Waals surface area contributed by atoms with E-state index in [1.165, 1.54) is 0 Å². The van der Waals surface area contributed by atoms with Crippen LogP contribution in [-0.4, -0.2) is 30.9 Å². The third kappa shape index (κ3) is 4.44. The van der Waals surface area contributed by atoms with Crippen LogP contribution in [0.25, 0.3) is 0 Å². The first-order chi connectivity index (χ1) is 8.15. The largest absolute Gasteiger partial charge is 0.490 e. The van der Waals surface area contributed by atoms with Crippen molar-refractivity contribution < 1.29 is 19.4 Å². The van der Waals surface area contributed by atoms with E-state index in [0.717, 1.165) is 12.0 Å². The number of hydrogen-bond donors (Lipinski definition) is 1. The fourth-order valence-corrected chi connectivity index (χ4v) is 1.38. The lowest BCUT2D eigenvalue weighted by molar-refractivity contribution is 0.0685. The van der Waals surface area contributed by atoms with E-state index in [0.29, 0.717) is 25.6 Å². The quantitative estimate of drug-likeness (QED) is 0.741.